The number of Topliss-reactive ketones (excluding diaryl/α,β-unsaturated/α-hetero) is 1. The van der Waals surface area contributed by atoms with E-state index in [4.69, 9.17) is 14.2 Å². The number of nitrogens with one attached hydrogen (secondary N) is 1. The minimum absolute atomic E-state index is 0.0581. The van der Waals surface area contributed by atoms with Crippen LogP contribution in [0.15, 0.2) is 79.3 Å². The summed E-state index contributed by atoms with van der Waals surface area (Å²) in [6.07, 6.45) is 16.5. The zero-order chi connectivity index (χ0) is 35.8. The molecule has 0 aliphatic carbocycles. The largest absolute Gasteiger partial charge is 0.493 e. The van der Waals surface area contributed by atoms with E-state index in [-0.39, 0.29) is 23.0 Å². The predicted molar refractivity (Wildman–Crippen MR) is 197 cm³/mol. The maximum absolute atomic E-state index is 13.9. The van der Waals surface area contributed by atoms with Gasteiger partial charge in [-0.05, 0) is 76.0 Å². The normalized spacial score (nSPS) is 18.5. The second-order valence-corrected chi connectivity index (χ2v) is 13.3. The Hall–Kier alpha value is -5.16. The molecular formula is C40H48N6O5. The first kappa shape index (κ1) is 35.7. The van der Waals surface area contributed by atoms with Gasteiger partial charge in [0.15, 0.2) is 17.3 Å². The monoisotopic (exact) mass is 692 g/mol. The van der Waals surface area contributed by atoms with Gasteiger partial charge in [-0.1, -0.05) is 48.6 Å². The van der Waals surface area contributed by atoms with E-state index >= 15 is 0 Å². The van der Waals surface area contributed by atoms with E-state index in [0.29, 0.717) is 48.3 Å². The molecule has 11 heteroatoms. The van der Waals surface area contributed by atoms with Gasteiger partial charge in [0.25, 0.3) is 5.91 Å². The third kappa shape index (κ3) is 7.78. The van der Waals surface area contributed by atoms with Gasteiger partial charge in [-0.3, -0.25) is 9.59 Å². The highest BCUT2D eigenvalue weighted by Gasteiger charge is 2.42. The standard InChI is InChI=1S/C40H48N6O5/c1-5-6-8-13-32-26-43-38(46(32)27-35-41-18-19-42-35)36(47)29-14-20-44(21-15-29)22-16-40(31-11-9-7-10-12-31)17-23-45(28-40)39(48)30-24-33(49-2)37(51-4)34(25-30)50-3/h5-13,18-19,24-26,29H,14-17,20-23,27-28H2,1-4H3,(H,41,42)/b6-5+,13-8+. The SMILES string of the molecule is C/C=C/C=C/c1cnc(C(=O)C2CCN(CCC3(c4ccccc4)CCN(C(=O)c4cc(OC)c(OC)c(OC)c4)C3)CC2)n1Cc1ncc[nH]1. The third-order valence-electron chi connectivity index (χ3n) is 10.3. The number of carbonyl (C=O) groups is 2. The number of likely N-dealkylation sites (tertiary alicyclic amines) is 2. The topological polar surface area (TPSA) is 115 Å². The molecule has 268 valence electrons. The number of aromatic nitrogens is 4. The van der Waals surface area contributed by atoms with Gasteiger partial charge < -0.3 is 33.6 Å². The van der Waals surface area contributed by atoms with E-state index in [1.807, 2.05) is 46.8 Å². The van der Waals surface area contributed by atoms with Gasteiger partial charge in [0.1, 0.15) is 5.82 Å². The molecule has 4 aromatic rings. The van der Waals surface area contributed by atoms with Crippen LogP contribution in [0.1, 0.15) is 70.7 Å². The number of rotatable bonds is 14. The molecule has 0 bridgehead atoms. The van der Waals surface area contributed by atoms with Gasteiger partial charge in [0, 0.05) is 42.4 Å². The number of H-pyrrole nitrogens is 1. The summed E-state index contributed by atoms with van der Waals surface area (Å²) < 4.78 is 18.5. The molecule has 2 aliphatic rings. The number of allylic oxidation sites excluding steroid dienone is 3. The van der Waals surface area contributed by atoms with Gasteiger partial charge in [0.2, 0.25) is 11.5 Å². The number of aromatic amines is 1. The summed E-state index contributed by atoms with van der Waals surface area (Å²) >= 11 is 0. The highest BCUT2D eigenvalue weighted by molar-refractivity contribution is 5.96. The van der Waals surface area contributed by atoms with Gasteiger partial charge in [0.05, 0.1) is 39.8 Å². The molecule has 2 saturated heterocycles. The lowest BCUT2D eigenvalue weighted by Crippen LogP contribution is -2.41. The van der Waals surface area contributed by atoms with Crippen molar-refractivity contribution < 1.29 is 23.8 Å². The van der Waals surface area contributed by atoms with Crippen LogP contribution < -0.4 is 14.2 Å². The average Bonchev–Trinajstić information content (AvgIpc) is 3.95. The maximum Gasteiger partial charge on any atom is 0.254 e. The Bertz CT molecular complexity index is 1820. The lowest BCUT2D eigenvalue weighted by Gasteiger charge is -2.36. The van der Waals surface area contributed by atoms with Crippen molar-refractivity contribution in [2.45, 2.75) is 44.6 Å². The summed E-state index contributed by atoms with van der Waals surface area (Å²) in [7, 11) is 4.66. The van der Waals surface area contributed by atoms with Crippen LogP contribution in [0.25, 0.3) is 6.08 Å². The predicted octanol–water partition coefficient (Wildman–Crippen LogP) is 6.04. The number of benzene rings is 2. The number of carbonyl (C=O) groups excluding carboxylic acids is 2. The van der Waals surface area contributed by atoms with Gasteiger partial charge in [-0.25, -0.2) is 9.97 Å². The van der Waals surface area contributed by atoms with Gasteiger partial charge >= 0.3 is 0 Å². The first-order valence-corrected chi connectivity index (χ1v) is 17.6. The quantitative estimate of drug-likeness (QED) is 0.126. The van der Waals surface area contributed by atoms with Gasteiger partial charge in [-0.15, -0.1) is 0 Å². The Morgan fingerprint density at radius 3 is 2.37 bits per heavy atom. The molecule has 2 fully saturated rings. The number of ether oxygens (including phenoxy) is 3. The number of hydrogen-bond donors (Lipinski definition) is 1. The molecule has 1 N–H and O–H groups in total. The summed E-state index contributed by atoms with van der Waals surface area (Å²) in [5.41, 5.74) is 2.44. The van der Waals surface area contributed by atoms with E-state index in [0.717, 1.165) is 56.8 Å². The second kappa shape index (κ2) is 16.2. The van der Waals surface area contributed by atoms with Crippen molar-refractivity contribution in [2.24, 2.45) is 5.92 Å². The van der Waals surface area contributed by atoms with Crippen molar-refractivity contribution >= 4 is 17.8 Å². The summed E-state index contributed by atoms with van der Waals surface area (Å²) in [5.74, 6) is 2.58. The molecule has 1 amide bonds. The second-order valence-electron chi connectivity index (χ2n) is 13.3. The Kier molecular flexibility index (Phi) is 11.4. The fourth-order valence-corrected chi connectivity index (χ4v) is 7.47. The Balaban J connectivity index is 1.12. The fraction of sp³-hybridized carbons (Fsp3) is 0.400. The molecule has 6 rings (SSSR count). The molecule has 0 radical (unpaired) electrons. The van der Waals surface area contributed by atoms with Crippen LogP contribution in [0.5, 0.6) is 17.2 Å². The molecule has 11 nitrogen and oxygen atoms in total. The minimum Gasteiger partial charge on any atom is -0.493 e. The Morgan fingerprint density at radius 2 is 1.73 bits per heavy atom. The number of nitrogens with zero attached hydrogens (tertiary/aromatic N) is 5. The number of piperidine rings is 1. The van der Waals surface area contributed by atoms with Crippen molar-refractivity contribution in [3.05, 3.63) is 108 Å². The molecule has 51 heavy (non-hydrogen) atoms. The van der Waals surface area contributed by atoms with Crippen LogP contribution in [-0.4, -0.2) is 95.1 Å². The highest BCUT2D eigenvalue weighted by Crippen LogP contribution is 2.41. The summed E-state index contributed by atoms with van der Waals surface area (Å²) in [6, 6.07) is 14.0. The lowest BCUT2D eigenvalue weighted by molar-refractivity contribution is 0.0777. The summed E-state index contributed by atoms with van der Waals surface area (Å²) in [4.78, 5) is 44.4. The van der Waals surface area contributed by atoms with Crippen LogP contribution >= 0.6 is 0 Å². The third-order valence-corrected chi connectivity index (χ3v) is 10.3. The van der Waals surface area contributed by atoms with E-state index in [2.05, 4.69) is 44.1 Å². The number of hydrogen-bond acceptors (Lipinski definition) is 8. The first-order chi connectivity index (χ1) is 24.9. The van der Waals surface area contributed by atoms with Crippen molar-refractivity contribution in [1.29, 1.82) is 0 Å². The molecule has 2 aromatic carbocycles. The molecule has 1 atom stereocenters. The lowest BCUT2D eigenvalue weighted by atomic mass is 9.76. The summed E-state index contributed by atoms with van der Waals surface area (Å²) in [5, 5.41) is 0. The number of ketones is 1. The zero-order valence-electron chi connectivity index (χ0n) is 30.0. The molecule has 2 aliphatic heterocycles. The Labute approximate surface area is 299 Å². The fourth-order valence-electron chi connectivity index (χ4n) is 7.47. The summed E-state index contributed by atoms with van der Waals surface area (Å²) in [6.45, 7) is 6.24. The first-order valence-electron chi connectivity index (χ1n) is 17.6. The minimum atomic E-state index is -0.183. The van der Waals surface area contributed by atoms with Crippen molar-refractivity contribution in [2.75, 3.05) is 54.1 Å². The number of imidazole rings is 2. The molecule has 1 unspecified atom stereocenters. The molecule has 0 saturated carbocycles. The van der Waals surface area contributed by atoms with Crippen LogP contribution in [0.4, 0.5) is 0 Å². The number of amides is 1. The molecular weight excluding hydrogens is 644 g/mol. The van der Waals surface area contributed by atoms with E-state index in [9.17, 15) is 9.59 Å². The molecule has 4 heterocycles. The zero-order valence-corrected chi connectivity index (χ0v) is 30.0. The smallest absolute Gasteiger partial charge is 0.254 e. The number of methoxy groups -OCH3 is 3. The van der Waals surface area contributed by atoms with E-state index in [1.165, 1.54) is 5.56 Å². The van der Waals surface area contributed by atoms with Crippen LogP contribution in [-0.2, 0) is 12.0 Å². The molecule has 0 spiro atoms. The molecule has 2 aromatic heterocycles. The maximum atomic E-state index is 13.9. The van der Waals surface area contributed by atoms with E-state index < -0.39 is 0 Å². The van der Waals surface area contributed by atoms with Crippen LogP contribution in [0.3, 0.4) is 0 Å². The van der Waals surface area contributed by atoms with Crippen molar-refractivity contribution in [3.63, 3.8) is 0 Å². The van der Waals surface area contributed by atoms with E-state index in [1.54, 1.807) is 52.1 Å². The van der Waals surface area contributed by atoms with Crippen LogP contribution in [0.2, 0.25) is 0 Å². The Morgan fingerprint density at radius 1 is 0.980 bits per heavy atom. The van der Waals surface area contributed by atoms with Crippen molar-refractivity contribution in [1.82, 2.24) is 29.3 Å². The average molecular weight is 693 g/mol. The highest BCUT2D eigenvalue weighted by atomic mass is 16.5. The van der Waals surface area contributed by atoms with Crippen LogP contribution in [0, 0.1) is 5.92 Å². The van der Waals surface area contributed by atoms with Gasteiger partial charge in [-0.2, -0.15) is 0 Å². The van der Waals surface area contributed by atoms with Crippen molar-refractivity contribution in [3.8, 4) is 17.2 Å².